The molecular weight excluding hydrogens is 336 g/mol. The highest BCUT2D eigenvalue weighted by atomic mass is 32.1. The second-order valence-electron chi connectivity index (χ2n) is 6.52. The van der Waals surface area contributed by atoms with Crippen molar-refractivity contribution in [3.8, 4) is 0 Å². The topological polar surface area (TPSA) is 86.9 Å². The molecule has 1 fully saturated rings. The zero-order chi connectivity index (χ0) is 17.2. The molecule has 0 radical (unpaired) electrons. The van der Waals surface area contributed by atoms with Crippen LogP contribution in [0.3, 0.4) is 0 Å². The van der Waals surface area contributed by atoms with Gasteiger partial charge in [0.25, 0.3) is 5.91 Å². The molecule has 2 heterocycles. The van der Waals surface area contributed by atoms with Crippen molar-refractivity contribution in [1.82, 2.24) is 10.3 Å². The zero-order valence-corrected chi connectivity index (χ0v) is 14.7. The fraction of sp³-hybridized carbons (Fsp3) is 0.444. The summed E-state index contributed by atoms with van der Waals surface area (Å²) in [5.74, 6) is 0.0561. The second kappa shape index (κ2) is 7.01. The van der Waals surface area contributed by atoms with Crippen LogP contribution in [0.2, 0.25) is 0 Å². The summed E-state index contributed by atoms with van der Waals surface area (Å²) in [6.45, 7) is 0. The summed E-state index contributed by atoms with van der Waals surface area (Å²) in [6, 6.07) is 0. The molecule has 25 heavy (non-hydrogen) atoms. The monoisotopic (exact) mass is 356 g/mol. The summed E-state index contributed by atoms with van der Waals surface area (Å²) < 4.78 is 0. The molecule has 130 valence electrons. The summed E-state index contributed by atoms with van der Waals surface area (Å²) in [5.41, 5.74) is 5.16. The maximum Gasteiger partial charge on any atom is 0.276 e. The van der Waals surface area contributed by atoms with E-state index in [9.17, 15) is 9.90 Å². The third-order valence-electron chi connectivity index (χ3n) is 4.69. The van der Waals surface area contributed by atoms with Gasteiger partial charge in [-0.1, -0.05) is 12.8 Å². The first-order chi connectivity index (χ1) is 12.2. The minimum Gasteiger partial charge on any atom is -0.387 e. The lowest BCUT2D eigenvalue weighted by atomic mass is 10.0. The predicted molar refractivity (Wildman–Crippen MR) is 98.6 cm³/mol. The molecule has 7 heteroatoms. The van der Waals surface area contributed by atoms with Gasteiger partial charge in [0.15, 0.2) is 0 Å². The molecule has 2 N–H and O–H groups in total. The van der Waals surface area contributed by atoms with Crippen molar-refractivity contribution in [1.29, 1.82) is 0 Å². The predicted octanol–water partition coefficient (Wildman–Crippen LogP) is 2.61. The van der Waals surface area contributed by atoms with E-state index in [1.165, 1.54) is 0 Å². The third kappa shape index (κ3) is 3.62. The standard InChI is InChI=1S/C18H20N4O2S/c23-15-5-3-1-2-4-12(15)20-18-21-14(17(24)22-18)8-11-6-7-13-16(9-11)25-10-19-13/h8-10,15,23H,1-7H2,(H,21,22,24)/b14-8-,20-12?/t15-/m0/s1. The molecule has 1 atom stereocenters. The van der Waals surface area contributed by atoms with Crippen LogP contribution in [0, 0.1) is 0 Å². The van der Waals surface area contributed by atoms with E-state index in [-0.39, 0.29) is 5.91 Å². The van der Waals surface area contributed by atoms with Crippen LogP contribution in [0.1, 0.15) is 49.1 Å². The highest BCUT2D eigenvalue weighted by molar-refractivity contribution is 7.10. The number of allylic oxidation sites excluding steroid dienone is 2. The lowest BCUT2D eigenvalue weighted by Gasteiger charge is -2.09. The molecule has 2 aliphatic carbocycles. The van der Waals surface area contributed by atoms with Crippen LogP contribution in [0.15, 0.2) is 32.8 Å². The fourth-order valence-electron chi connectivity index (χ4n) is 3.31. The number of amides is 1. The molecule has 4 rings (SSSR count). The summed E-state index contributed by atoms with van der Waals surface area (Å²) >= 11 is 1.61. The van der Waals surface area contributed by atoms with E-state index in [0.717, 1.165) is 66.8 Å². The van der Waals surface area contributed by atoms with Crippen LogP contribution < -0.4 is 5.32 Å². The van der Waals surface area contributed by atoms with Crippen molar-refractivity contribution in [2.75, 3.05) is 0 Å². The summed E-state index contributed by atoms with van der Waals surface area (Å²) in [5, 5.41) is 12.9. The maximum atomic E-state index is 12.2. The van der Waals surface area contributed by atoms with E-state index in [1.807, 2.05) is 11.6 Å². The number of nitrogens with zero attached hydrogens (tertiary/aromatic N) is 3. The van der Waals surface area contributed by atoms with Crippen molar-refractivity contribution < 1.29 is 9.90 Å². The number of hydrogen-bond acceptors (Lipinski definition) is 6. The van der Waals surface area contributed by atoms with Crippen molar-refractivity contribution >= 4 is 35.0 Å². The smallest absolute Gasteiger partial charge is 0.276 e. The number of thiazole rings is 1. The molecule has 6 nitrogen and oxygen atoms in total. The quantitative estimate of drug-likeness (QED) is 0.599. The van der Waals surface area contributed by atoms with Crippen LogP contribution >= 0.6 is 11.3 Å². The summed E-state index contributed by atoms with van der Waals surface area (Å²) in [7, 11) is 0. The van der Waals surface area contributed by atoms with E-state index in [4.69, 9.17) is 0 Å². The Morgan fingerprint density at radius 1 is 1.28 bits per heavy atom. The van der Waals surface area contributed by atoms with E-state index in [0.29, 0.717) is 11.7 Å². The Labute approximate surface area is 150 Å². The van der Waals surface area contributed by atoms with Crippen LogP contribution in [0.25, 0.3) is 6.08 Å². The Balaban J connectivity index is 1.56. The van der Waals surface area contributed by atoms with Gasteiger partial charge >= 0.3 is 0 Å². The van der Waals surface area contributed by atoms with Gasteiger partial charge in [-0.15, -0.1) is 11.3 Å². The highest BCUT2D eigenvalue weighted by Crippen LogP contribution is 2.28. The molecule has 1 saturated carbocycles. The number of rotatable bonds is 1. The van der Waals surface area contributed by atoms with Gasteiger partial charge in [0, 0.05) is 0 Å². The largest absolute Gasteiger partial charge is 0.387 e. The summed E-state index contributed by atoms with van der Waals surface area (Å²) in [6.07, 6.45) is 9.74. The van der Waals surface area contributed by atoms with Gasteiger partial charge in [0.05, 0.1) is 27.9 Å². The molecule has 1 aromatic heterocycles. The maximum absolute atomic E-state index is 12.2. The van der Waals surface area contributed by atoms with Crippen LogP contribution in [-0.2, 0) is 11.2 Å². The van der Waals surface area contributed by atoms with Gasteiger partial charge in [0.2, 0.25) is 5.96 Å². The summed E-state index contributed by atoms with van der Waals surface area (Å²) in [4.78, 5) is 26.4. The SMILES string of the molecule is O=C1NC(N=C2CCCCC[C@@H]2O)=N/C1=C\C1=Cc2scnc2CC1. The van der Waals surface area contributed by atoms with Gasteiger partial charge in [-0.05, 0) is 49.8 Å². The third-order valence-corrected chi connectivity index (χ3v) is 5.51. The average molecular weight is 356 g/mol. The number of hydrogen-bond donors (Lipinski definition) is 2. The van der Waals surface area contributed by atoms with Crippen molar-refractivity contribution in [3.63, 3.8) is 0 Å². The minimum absolute atomic E-state index is 0.238. The van der Waals surface area contributed by atoms with Crippen molar-refractivity contribution in [3.05, 3.63) is 33.4 Å². The molecule has 0 bridgehead atoms. The first-order valence-corrected chi connectivity index (χ1v) is 9.57. The van der Waals surface area contributed by atoms with Crippen LogP contribution in [0.4, 0.5) is 0 Å². The lowest BCUT2D eigenvalue weighted by Crippen LogP contribution is -2.26. The Morgan fingerprint density at radius 2 is 2.20 bits per heavy atom. The fourth-order valence-corrected chi connectivity index (χ4v) is 4.11. The number of aliphatic hydroxyl groups is 1. The molecule has 1 aromatic rings. The zero-order valence-electron chi connectivity index (χ0n) is 13.9. The van der Waals surface area contributed by atoms with Gasteiger partial charge < -0.3 is 5.11 Å². The number of fused-ring (bicyclic) bond motifs is 1. The van der Waals surface area contributed by atoms with E-state index >= 15 is 0 Å². The number of carbonyl (C=O) groups is 1. The number of aryl methyl sites for hydroxylation is 1. The minimum atomic E-state index is -0.527. The van der Waals surface area contributed by atoms with Gasteiger partial charge in [-0.3, -0.25) is 10.1 Å². The Morgan fingerprint density at radius 3 is 3.12 bits per heavy atom. The Kier molecular flexibility index (Phi) is 4.59. The number of aromatic nitrogens is 1. The van der Waals surface area contributed by atoms with Gasteiger partial charge in [-0.2, -0.15) is 0 Å². The van der Waals surface area contributed by atoms with Gasteiger partial charge in [0.1, 0.15) is 5.70 Å². The number of aliphatic hydroxyl groups excluding tert-OH is 1. The lowest BCUT2D eigenvalue weighted by molar-refractivity contribution is -0.115. The molecule has 1 amide bonds. The Bertz CT molecular complexity index is 819. The first-order valence-electron chi connectivity index (χ1n) is 8.69. The molecule has 0 spiro atoms. The molecule has 0 saturated heterocycles. The molecule has 0 unspecified atom stereocenters. The normalized spacial score (nSPS) is 26.9. The van der Waals surface area contributed by atoms with E-state index in [2.05, 4.69) is 26.4 Å². The van der Waals surface area contributed by atoms with Crippen molar-refractivity contribution in [2.24, 2.45) is 9.98 Å². The number of guanidine groups is 1. The highest BCUT2D eigenvalue weighted by Gasteiger charge is 2.23. The van der Waals surface area contributed by atoms with Crippen LogP contribution in [-0.4, -0.2) is 33.8 Å². The Hall–Kier alpha value is -2.12. The second-order valence-corrected chi connectivity index (χ2v) is 7.41. The average Bonchev–Trinajstić information content (AvgIpc) is 3.13. The number of aliphatic imine (C=N–C) groups is 2. The molecule has 1 aliphatic heterocycles. The van der Waals surface area contributed by atoms with Gasteiger partial charge in [-0.25, -0.2) is 15.0 Å². The van der Waals surface area contributed by atoms with E-state index < -0.39 is 6.10 Å². The van der Waals surface area contributed by atoms with Crippen LogP contribution in [0.5, 0.6) is 0 Å². The number of carbonyl (C=O) groups excluding carboxylic acids is 1. The number of nitrogens with one attached hydrogen (secondary N) is 1. The first kappa shape index (κ1) is 16.4. The molecule has 0 aromatic carbocycles. The molecular formula is C18H20N4O2S. The van der Waals surface area contributed by atoms with Crippen molar-refractivity contribution in [2.45, 2.75) is 51.0 Å². The molecule has 3 aliphatic rings. The van der Waals surface area contributed by atoms with E-state index in [1.54, 1.807) is 11.3 Å².